The fourth-order valence-electron chi connectivity index (χ4n) is 6.53. The Bertz CT molecular complexity index is 2570. The molecule has 61 heavy (non-hydrogen) atoms. The summed E-state index contributed by atoms with van der Waals surface area (Å²) in [5.74, 6) is 2.25. The standard InChI is InChI=1S/C52H47N3O5S/c1-52(2,3)60-51(56)55-32-9-33-59-45-23-12-36(13-24-45)14-29-46(42(34-53)35-54)48-31-30-47(61-48)37-15-17-39(18-16-37)50(41-21-27-44(58-5)28-22-41)49(38-10-7-6-8-11-38)40-19-25-43(57-4)26-20-40/h6-8,10-31H,9,32-33H2,1-5H3,(H,55,56)/b29-14+,50-49-. The van der Waals surface area contributed by atoms with Crippen molar-refractivity contribution < 1.29 is 23.7 Å². The van der Waals surface area contributed by atoms with Crippen LogP contribution >= 0.6 is 11.3 Å². The molecule has 6 rings (SSSR count). The molecule has 0 atom stereocenters. The van der Waals surface area contributed by atoms with Crippen LogP contribution in [0.4, 0.5) is 4.79 Å². The molecule has 9 heteroatoms. The molecule has 0 unspecified atom stereocenters. The van der Waals surface area contributed by atoms with E-state index in [1.807, 2.05) is 99.7 Å². The predicted molar refractivity (Wildman–Crippen MR) is 245 cm³/mol. The van der Waals surface area contributed by atoms with Gasteiger partial charge in [-0.2, -0.15) is 10.5 Å². The Kier molecular flexibility index (Phi) is 14.6. The molecule has 0 aliphatic carbocycles. The first-order chi connectivity index (χ1) is 29.6. The molecule has 0 aliphatic rings. The van der Waals surface area contributed by atoms with Crippen molar-refractivity contribution in [2.75, 3.05) is 27.4 Å². The summed E-state index contributed by atoms with van der Waals surface area (Å²) in [6.45, 7) is 6.32. The second-order valence-corrected chi connectivity index (χ2v) is 15.9. The lowest BCUT2D eigenvalue weighted by Crippen LogP contribution is -2.33. The van der Waals surface area contributed by atoms with Crippen LogP contribution in [0.2, 0.25) is 0 Å². The van der Waals surface area contributed by atoms with Crippen molar-refractivity contribution in [2.24, 2.45) is 0 Å². The molecule has 1 aromatic heterocycles. The monoisotopic (exact) mass is 825 g/mol. The van der Waals surface area contributed by atoms with Crippen molar-refractivity contribution in [3.05, 3.63) is 184 Å². The number of hydrogen-bond acceptors (Lipinski definition) is 8. The number of alkyl carbamates (subject to hydrolysis) is 1. The number of nitrogens with zero attached hydrogens (tertiary/aromatic N) is 2. The van der Waals surface area contributed by atoms with E-state index < -0.39 is 11.7 Å². The fourth-order valence-corrected chi connectivity index (χ4v) is 7.57. The van der Waals surface area contributed by atoms with Gasteiger partial charge in [0.2, 0.25) is 0 Å². The maximum absolute atomic E-state index is 11.8. The van der Waals surface area contributed by atoms with Gasteiger partial charge in [-0.3, -0.25) is 0 Å². The van der Waals surface area contributed by atoms with E-state index in [-0.39, 0.29) is 5.57 Å². The van der Waals surface area contributed by atoms with Gasteiger partial charge in [-0.25, -0.2) is 4.79 Å². The first kappa shape index (κ1) is 43.3. The minimum absolute atomic E-state index is 0.0289. The molecule has 0 radical (unpaired) electrons. The number of rotatable bonds is 15. The van der Waals surface area contributed by atoms with Crippen molar-refractivity contribution in [3.8, 4) is 39.8 Å². The highest BCUT2D eigenvalue weighted by Crippen LogP contribution is 2.40. The molecule has 0 saturated carbocycles. The van der Waals surface area contributed by atoms with Crippen LogP contribution in [0.3, 0.4) is 0 Å². The molecular weight excluding hydrogens is 779 g/mol. The molecule has 1 heterocycles. The number of methoxy groups -OCH3 is 2. The number of nitriles is 2. The normalized spacial score (nSPS) is 11.5. The second-order valence-electron chi connectivity index (χ2n) is 14.9. The molecule has 0 saturated heterocycles. The van der Waals surface area contributed by atoms with Crippen LogP contribution in [0.1, 0.15) is 59.9 Å². The van der Waals surface area contributed by atoms with Crippen molar-refractivity contribution in [1.82, 2.24) is 5.32 Å². The lowest BCUT2D eigenvalue weighted by atomic mass is 9.85. The van der Waals surface area contributed by atoms with E-state index >= 15 is 0 Å². The average Bonchev–Trinajstić information content (AvgIpc) is 3.77. The van der Waals surface area contributed by atoms with Crippen LogP contribution < -0.4 is 19.5 Å². The Labute approximate surface area is 362 Å². The summed E-state index contributed by atoms with van der Waals surface area (Å²) >= 11 is 1.52. The highest BCUT2D eigenvalue weighted by atomic mass is 32.1. The largest absolute Gasteiger partial charge is 0.497 e. The molecule has 306 valence electrons. The summed E-state index contributed by atoms with van der Waals surface area (Å²) in [6, 6.07) is 50.8. The van der Waals surface area contributed by atoms with Gasteiger partial charge in [0.15, 0.2) is 0 Å². The van der Waals surface area contributed by atoms with Crippen molar-refractivity contribution in [1.29, 1.82) is 10.5 Å². The molecule has 0 spiro atoms. The Hall–Kier alpha value is -7.33. The number of benzene rings is 5. The number of amides is 1. The van der Waals surface area contributed by atoms with Crippen LogP contribution in [-0.4, -0.2) is 39.1 Å². The van der Waals surface area contributed by atoms with E-state index in [1.54, 1.807) is 14.2 Å². The highest BCUT2D eigenvalue weighted by molar-refractivity contribution is 7.16. The number of nitrogens with one attached hydrogen (secondary N) is 1. The third-order valence-electron chi connectivity index (χ3n) is 9.47. The van der Waals surface area contributed by atoms with Crippen molar-refractivity contribution >= 4 is 40.2 Å². The Morgan fingerprint density at radius 3 is 1.72 bits per heavy atom. The number of hydrogen-bond donors (Lipinski definition) is 1. The molecular formula is C52H47N3O5S. The maximum atomic E-state index is 11.8. The lowest BCUT2D eigenvalue weighted by molar-refractivity contribution is 0.0525. The molecule has 8 nitrogen and oxygen atoms in total. The summed E-state index contributed by atoms with van der Waals surface area (Å²) in [4.78, 5) is 13.6. The molecule has 0 bridgehead atoms. The van der Waals surface area contributed by atoms with Gasteiger partial charge in [0.1, 0.15) is 40.6 Å². The summed E-state index contributed by atoms with van der Waals surface area (Å²) in [6.07, 6.45) is 3.87. The number of thiophene rings is 1. The van der Waals surface area contributed by atoms with Crippen LogP contribution in [0.15, 0.2) is 151 Å². The maximum Gasteiger partial charge on any atom is 0.407 e. The Morgan fingerprint density at radius 2 is 1.20 bits per heavy atom. The number of allylic oxidation sites excluding steroid dienone is 3. The van der Waals surface area contributed by atoms with E-state index in [9.17, 15) is 15.3 Å². The Balaban J connectivity index is 1.24. The summed E-state index contributed by atoms with van der Waals surface area (Å²) < 4.78 is 22.1. The summed E-state index contributed by atoms with van der Waals surface area (Å²) in [7, 11) is 3.33. The molecule has 0 fully saturated rings. The third-order valence-corrected chi connectivity index (χ3v) is 10.6. The Morgan fingerprint density at radius 1 is 0.672 bits per heavy atom. The molecule has 0 aliphatic heterocycles. The van der Waals surface area contributed by atoms with Crippen LogP contribution in [0, 0.1) is 22.7 Å². The van der Waals surface area contributed by atoms with Gasteiger partial charge in [0, 0.05) is 21.9 Å². The predicted octanol–water partition coefficient (Wildman–Crippen LogP) is 12.2. The molecule has 1 amide bonds. The van der Waals surface area contributed by atoms with E-state index in [4.69, 9.17) is 18.9 Å². The smallest absolute Gasteiger partial charge is 0.407 e. The quantitative estimate of drug-likeness (QED) is 0.0474. The van der Waals surface area contributed by atoms with Gasteiger partial charge in [0.25, 0.3) is 0 Å². The second kappa shape index (κ2) is 20.6. The fraction of sp³-hybridized carbons (Fsp3) is 0.173. The summed E-state index contributed by atoms with van der Waals surface area (Å²) in [5, 5.41) is 22.6. The van der Waals surface area contributed by atoms with Crippen LogP contribution in [0.25, 0.3) is 33.2 Å². The average molecular weight is 826 g/mol. The van der Waals surface area contributed by atoms with Gasteiger partial charge in [-0.1, -0.05) is 103 Å². The topological polar surface area (TPSA) is 114 Å². The van der Waals surface area contributed by atoms with E-state index in [1.165, 1.54) is 11.3 Å². The van der Waals surface area contributed by atoms with Gasteiger partial charge in [-0.15, -0.1) is 11.3 Å². The van der Waals surface area contributed by atoms with Crippen LogP contribution in [-0.2, 0) is 4.74 Å². The van der Waals surface area contributed by atoms with Crippen molar-refractivity contribution in [3.63, 3.8) is 0 Å². The van der Waals surface area contributed by atoms with Gasteiger partial charge < -0.3 is 24.3 Å². The first-order valence-electron chi connectivity index (χ1n) is 19.8. The lowest BCUT2D eigenvalue weighted by Gasteiger charge is -2.19. The molecule has 6 aromatic rings. The highest BCUT2D eigenvalue weighted by Gasteiger charge is 2.18. The first-order valence-corrected chi connectivity index (χ1v) is 20.6. The van der Waals surface area contributed by atoms with Gasteiger partial charge in [0.05, 0.1) is 20.8 Å². The number of carbonyl (C=O) groups is 1. The van der Waals surface area contributed by atoms with E-state index in [0.29, 0.717) is 30.9 Å². The van der Waals surface area contributed by atoms with Crippen LogP contribution in [0.5, 0.6) is 17.2 Å². The number of ether oxygens (including phenoxy) is 4. The third kappa shape index (κ3) is 11.7. The minimum atomic E-state index is -0.546. The summed E-state index contributed by atoms with van der Waals surface area (Å²) in [5.41, 5.74) is 8.26. The van der Waals surface area contributed by atoms with E-state index in [0.717, 1.165) is 65.8 Å². The minimum Gasteiger partial charge on any atom is -0.497 e. The van der Waals surface area contributed by atoms with Gasteiger partial charge in [-0.05, 0) is 120 Å². The SMILES string of the molecule is COc1ccc(/C(=C(\c2ccc(OC)cc2)c2ccc(-c3ccc(C(/C=C/c4ccc(OCCCNC(=O)OC(C)(C)C)cc4)=C(C#N)C#N)s3)cc2)c2ccccc2)cc1. The number of carbonyl (C=O) groups excluding carboxylic acids is 1. The van der Waals surface area contributed by atoms with Gasteiger partial charge >= 0.3 is 6.09 Å². The van der Waals surface area contributed by atoms with E-state index in [2.05, 4.69) is 90.3 Å². The zero-order valence-electron chi connectivity index (χ0n) is 34.9. The zero-order valence-corrected chi connectivity index (χ0v) is 35.7. The van der Waals surface area contributed by atoms with Crippen molar-refractivity contribution in [2.45, 2.75) is 32.8 Å². The zero-order chi connectivity index (χ0) is 43.2. The molecule has 1 N–H and O–H groups in total. The molecule has 5 aromatic carbocycles.